The molecule has 0 spiro atoms. The maximum atomic E-state index is 11.5. The molecule has 3 atom stereocenters. The van der Waals surface area contributed by atoms with Gasteiger partial charge in [0.05, 0.1) is 17.8 Å². The summed E-state index contributed by atoms with van der Waals surface area (Å²) < 4.78 is 26.8. The number of ether oxygens (including phenoxy) is 2. The zero-order valence-corrected chi connectivity index (χ0v) is 13.6. The van der Waals surface area contributed by atoms with Crippen molar-refractivity contribution in [2.75, 3.05) is 26.5 Å². The van der Waals surface area contributed by atoms with Crippen LogP contribution in [0.2, 0.25) is 0 Å². The second-order valence-electron chi connectivity index (χ2n) is 4.76. The highest BCUT2D eigenvalue weighted by atomic mass is 32.2. The third kappa shape index (κ3) is 4.17. The van der Waals surface area contributed by atoms with Gasteiger partial charge < -0.3 is 18.9 Å². The van der Waals surface area contributed by atoms with E-state index in [1.54, 1.807) is 0 Å². The van der Waals surface area contributed by atoms with Gasteiger partial charge in [-0.15, -0.1) is 0 Å². The Labute approximate surface area is 127 Å². The number of esters is 1. The van der Waals surface area contributed by atoms with E-state index in [2.05, 4.69) is 9.52 Å². The van der Waals surface area contributed by atoms with Crippen molar-refractivity contribution in [2.24, 2.45) is 4.99 Å². The quantitative estimate of drug-likeness (QED) is 0.447. The van der Waals surface area contributed by atoms with Gasteiger partial charge in [0.1, 0.15) is 17.6 Å². The van der Waals surface area contributed by atoms with Crippen LogP contribution < -0.4 is 0 Å². The zero-order chi connectivity index (χ0) is 15.5. The van der Waals surface area contributed by atoms with E-state index in [1.165, 1.54) is 25.8 Å². The molecule has 2 heterocycles. The van der Waals surface area contributed by atoms with E-state index in [4.69, 9.17) is 9.47 Å². The fourth-order valence-electron chi connectivity index (χ4n) is 2.03. The van der Waals surface area contributed by atoms with Gasteiger partial charge in [0, 0.05) is 20.5 Å². The number of fused-ring (bicyclic) bond motifs is 1. The first-order valence-electron chi connectivity index (χ1n) is 6.42. The van der Waals surface area contributed by atoms with Gasteiger partial charge in [0.2, 0.25) is 0 Å². The molecule has 0 bridgehead atoms. The Bertz CT molecular complexity index is 522. The average molecular weight is 335 g/mol. The molecule has 118 valence electrons. The van der Waals surface area contributed by atoms with E-state index in [-0.39, 0.29) is 24.2 Å². The molecule has 0 saturated heterocycles. The predicted molar refractivity (Wildman–Crippen MR) is 79.6 cm³/mol. The molecule has 0 fully saturated rings. The van der Waals surface area contributed by atoms with E-state index in [0.717, 1.165) is 0 Å². The minimum absolute atomic E-state index is 0.00455. The molecule has 2 aliphatic heterocycles. The van der Waals surface area contributed by atoms with Gasteiger partial charge in [0.15, 0.2) is 0 Å². The molecule has 0 saturated carbocycles. The fourth-order valence-corrected chi connectivity index (χ4v) is 4.10. The highest BCUT2D eigenvalue weighted by molar-refractivity contribution is 8.14. The number of rotatable bonds is 6. The molecular weight excluding hydrogens is 317 g/mol. The Morgan fingerprint density at radius 3 is 3.14 bits per heavy atom. The number of thioether (sulfide) groups is 1. The molecule has 0 aliphatic carbocycles. The summed E-state index contributed by atoms with van der Waals surface area (Å²) in [4.78, 5) is 25.0. The van der Waals surface area contributed by atoms with Gasteiger partial charge >= 0.3 is 13.6 Å². The normalized spacial score (nSPS) is 30.4. The van der Waals surface area contributed by atoms with E-state index in [1.807, 2.05) is 12.2 Å². The van der Waals surface area contributed by atoms with Crippen molar-refractivity contribution < 1.29 is 28.3 Å². The molecule has 2 rings (SSSR count). The topological polar surface area (TPSA) is 94.4 Å². The van der Waals surface area contributed by atoms with Gasteiger partial charge in [-0.3, -0.25) is 14.4 Å². The van der Waals surface area contributed by atoms with Gasteiger partial charge in [-0.25, -0.2) is 0 Å². The smallest absolute Gasteiger partial charge is 0.328 e. The fraction of sp³-hybridized carbons (Fsp3) is 0.667. The van der Waals surface area contributed by atoms with Crippen LogP contribution in [0.3, 0.4) is 0 Å². The Morgan fingerprint density at radius 1 is 1.71 bits per heavy atom. The van der Waals surface area contributed by atoms with Gasteiger partial charge in [-0.05, 0) is 0 Å². The minimum Gasteiger partial charge on any atom is -0.463 e. The van der Waals surface area contributed by atoms with Crippen molar-refractivity contribution in [2.45, 2.75) is 24.3 Å². The summed E-state index contributed by atoms with van der Waals surface area (Å²) in [6, 6.07) is 0. The molecule has 7 nitrogen and oxygen atoms in total. The lowest BCUT2D eigenvalue weighted by molar-refractivity contribution is -0.143. The molecule has 3 unspecified atom stereocenters. The first kappa shape index (κ1) is 16.7. The van der Waals surface area contributed by atoms with Crippen LogP contribution in [0.1, 0.15) is 13.3 Å². The van der Waals surface area contributed by atoms with Crippen molar-refractivity contribution >= 4 is 30.4 Å². The summed E-state index contributed by atoms with van der Waals surface area (Å²) >= 11 is 1.39. The molecule has 0 radical (unpaired) electrons. The standard InChI is InChI=1S/C12H18NO6PS/c1-9(14)19-8-12-5-3-6-18-11(12)21-10(13-12)4-7-20(15,16)17-2/h3,5,11H,4,6-8H2,1-2H3,(H,15,16). The van der Waals surface area contributed by atoms with E-state index in [9.17, 15) is 14.3 Å². The zero-order valence-electron chi connectivity index (χ0n) is 11.9. The third-order valence-electron chi connectivity index (χ3n) is 3.13. The number of carbonyl (C=O) groups excluding carboxylic acids is 1. The maximum Gasteiger partial charge on any atom is 0.328 e. The van der Waals surface area contributed by atoms with Crippen molar-refractivity contribution in [1.82, 2.24) is 0 Å². The monoisotopic (exact) mass is 335 g/mol. The molecule has 0 aromatic heterocycles. The number of hydrogen-bond acceptors (Lipinski definition) is 7. The SMILES string of the molecule is COP(=O)(O)CCC1=NC2(COC(C)=O)C=CCOC2S1. The van der Waals surface area contributed by atoms with Gasteiger partial charge in [-0.2, -0.15) is 0 Å². The second kappa shape index (κ2) is 6.62. The van der Waals surface area contributed by atoms with Crippen LogP contribution in [0.4, 0.5) is 0 Å². The van der Waals surface area contributed by atoms with Crippen LogP contribution in [0.15, 0.2) is 17.1 Å². The molecule has 0 amide bonds. The van der Waals surface area contributed by atoms with Crippen LogP contribution in [-0.2, 0) is 23.4 Å². The molecule has 9 heteroatoms. The number of aliphatic imine (C=N–C) groups is 1. The second-order valence-corrected chi connectivity index (χ2v) is 7.98. The summed E-state index contributed by atoms with van der Waals surface area (Å²) in [6.07, 6.45) is 4.02. The number of carbonyl (C=O) groups is 1. The van der Waals surface area contributed by atoms with Crippen LogP contribution >= 0.6 is 19.4 Å². The molecule has 0 aromatic rings. The van der Waals surface area contributed by atoms with E-state index < -0.39 is 13.1 Å². The van der Waals surface area contributed by atoms with Gasteiger partial charge in [-0.1, -0.05) is 23.9 Å². The van der Waals surface area contributed by atoms with Crippen LogP contribution in [0, 0.1) is 0 Å². The summed E-state index contributed by atoms with van der Waals surface area (Å²) in [5.74, 6) is -0.380. The lowest BCUT2D eigenvalue weighted by Crippen LogP contribution is -2.43. The molecule has 0 aromatic carbocycles. The number of nitrogens with zero attached hydrogens (tertiary/aromatic N) is 1. The molecule has 21 heavy (non-hydrogen) atoms. The lowest BCUT2D eigenvalue weighted by Gasteiger charge is -2.31. The van der Waals surface area contributed by atoms with Crippen LogP contribution in [0.5, 0.6) is 0 Å². The van der Waals surface area contributed by atoms with E-state index in [0.29, 0.717) is 18.1 Å². The van der Waals surface area contributed by atoms with Crippen molar-refractivity contribution in [3.8, 4) is 0 Å². The minimum atomic E-state index is -3.56. The van der Waals surface area contributed by atoms with Crippen LogP contribution in [0.25, 0.3) is 0 Å². The third-order valence-corrected chi connectivity index (χ3v) is 5.82. The predicted octanol–water partition coefficient (Wildman–Crippen LogP) is 1.57. The Hall–Kier alpha value is -0.660. The Kier molecular flexibility index (Phi) is 5.27. The lowest BCUT2D eigenvalue weighted by atomic mass is 10.0. The van der Waals surface area contributed by atoms with Crippen molar-refractivity contribution in [3.63, 3.8) is 0 Å². The molecular formula is C12H18NO6PS. The summed E-state index contributed by atoms with van der Waals surface area (Å²) in [5.41, 5.74) is -1.02. The van der Waals surface area contributed by atoms with Crippen LogP contribution in [-0.4, -0.2) is 53.4 Å². The Balaban J connectivity index is 2.08. The molecule has 1 N–H and O–H groups in total. The van der Waals surface area contributed by atoms with Gasteiger partial charge in [0.25, 0.3) is 0 Å². The summed E-state index contributed by atoms with van der Waals surface area (Å²) in [7, 11) is -2.35. The summed E-state index contributed by atoms with van der Waals surface area (Å²) in [6.45, 7) is 1.91. The first-order valence-corrected chi connectivity index (χ1v) is 9.07. The highest BCUT2D eigenvalue weighted by Gasteiger charge is 2.46. The van der Waals surface area contributed by atoms with E-state index >= 15 is 0 Å². The maximum absolute atomic E-state index is 11.5. The van der Waals surface area contributed by atoms with Crippen molar-refractivity contribution in [3.05, 3.63) is 12.2 Å². The molecule has 2 aliphatic rings. The largest absolute Gasteiger partial charge is 0.463 e. The Morgan fingerprint density at radius 2 is 2.48 bits per heavy atom. The highest BCUT2D eigenvalue weighted by Crippen LogP contribution is 2.45. The summed E-state index contributed by atoms with van der Waals surface area (Å²) in [5, 5.41) is 0.699. The number of hydrogen-bond donors (Lipinski definition) is 1. The van der Waals surface area contributed by atoms with Crippen molar-refractivity contribution in [1.29, 1.82) is 0 Å². The average Bonchev–Trinajstić information content (AvgIpc) is 2.82. The first-order chi connectivity index (χ1) is 9.87.